The number of hydrogen-bond acceptors (Lipinski definition) is 6. The molecule has 4 aliphatic rings. The molecule has 8 atom stereocenters. The van der Waals surface area contributed by atoms with Gasteiger partial charge in [-0.3, -0.25) is 14.4 Å². The molecule has 0 heterocycles. The molecule has 0 unspecified atom stereocenters. The Bertz CT molecular complexity index is 1010. The molecule has 1 N–H and O–H groups in total. The van der Waals surface area contributed by atoms with E-state index in [1.807, 2.05) is 20.8 Å². The van der Waals surface area contributed by atoms with Crippen molar-refractivity contribution in [1.82, 2.24) is 0 Å². The van der Waals surface area contributed by atoms with Crippen molar-refractivity contribution in [3.05, 3.63) is 23.8 Å². The molecule has 0 aromatic heterocycles. The summed E-state index contributed by atoms with van der Waals surface area (Å²) < 4.78 is 23.8. The average Bonchev–Trinajstić information content (AvgIpc) is 3.06. The lowest BCUT2D eigenvalue weighted by Gasteiger charge is -2.62. The second-order valence-corrected chi connectivity index (χ2v) is 13.3. The number of carbonyl (C=O) groups excluding carboxylic acids is 3. The van der Waals surface area contributed by atoms with E-state index in [1.54, 1.807) is 24.8 Å². The fourth-order valence-corrected chi connectivity index (χ4v) is 9.20. The first-order valence-corrected chi connectivity index (χ1v) is 15.2. The Morgan fingerprint density at radius 3 is 2.62 bits per heavy atom. The predicted molar refractivity (Wildman–Crippen MR) is 144 cm³/mol. The zero-order chi connectivity index (χ0) is 27.2. The second kappa shape index (κ2) is 10.3. The summed E-state index contributed by atoms with van der Waals surface area (Å²) >= 11 is 1.54. The van der Waals surface area contributed by atoms with Crippen LogP contribution in [0.1, 0.15) is 86.0 Å². The van der Waals surface area contributed by atoms with E-state index in [-0.39, 0.29) is 48.0 Å². The number of rotatable bonds is 9. The van der Waals surface area contributed by atoms with Crippen LogP contribution < -0.4 is 0 Å². The van der Waals surface area contributed by atoms with E-state index in [4.69, 9.17) is 4.74 Å². The first-order valence-electron chi connectivity index (χ1n) is 14.1. The molecule has 3 fully saturated rings. The average molecular weight is 535 g/mol. The van der Waals surface area contributed by atoms with Crippen molar-refractivity contribution in [3.8, 4) is 0 Å². The van der Waals surface area contributed by atoms with Gasteiger partial charge in [-0.15, -0.1) is 0 Å². The molecule has 37 heavy (non-hydrogen) atoms. The molecule has 206 valence electrons. The molecule has 7 heteroatoms. The van der Waals surface area contributed by atoms with Gasteiger partial charge in [0.25, 0.3) is 0 Å². The largest absolute Gasteiger partial charge is 0.450 e. The fraction of sp³-hybridized carbons (Fsp3) is 0.767. The summed E-state index contributed by atoms with van der Waals surface area (Å²) in [4.78, 5) is 39.2. The van der Waals surface area contributed by atoms with Crippen molar-refractivity contribution < 1.29 is 28.6 Å². The monoisotopic (exact) mass is 534 g/mol. The molecule has 0 aromatic rings. The number of alkyl halides is 1. The molecule has 3 saturated carbocycles. The van der Waals surface area contributed by atoms with Crippen LogP contribution in [0.2, 0.25) is 0 Å². The van der Waals surface area contributed by atoms with Gasteiger partial charge in [-0.1, -0.05) is 45.8 Å². The Balaban J connectivity index is 1.77. The molecule has 0 spiro atoms. The van der Waals surface area contributed by atoms with E-state index in [9.17, 15) is 19.5 Å². The molecule has 4 rings (SSSR count). The Morgan fingerprint density at radius 2 is 1.95 bits per heavy atom. The number of esters is 1. The van der Waals surface area contributed by atoms with Crippen LogP contribution in [0.25, 0.3) is 0 Å². The van der Waals surface area contributed by atoms with Crippen LogP contribution in [0.5, 0.6) is 0 Å². The van der Waals surface area contributed by atoms with E-state index in [0.29, 0.717) is 25.7 Å². The summed E-state index contributed by atoms with van der Waals surface area (Å²) in [5, 5.41) is 11.7. The second-order valence-electron chi connectivity index (χ2n) is 12.2. The molecule has 0 aliphatic heterocycles. The standard InChI is InChI=1S/C30H43FO5S/c1-6-8-9-26(35)36-30(25(34)18-37-14-7-2)19(3)15-23-22-11-10-20-16-21(32)12-13-27(20,4)29(22,31)24(33)17-28(23,30)5/h12-13,16,19,22-24,33H,6-11,14-15,17-18H2,1-5H3/t19-,22-,23-,24-,27-,28-,29-,30-/m0/s1. The lowest BCUT2D eigenvalue weighted by molar-refractivity contribution is -0.227. The zero-order valence-corrected chi connectivity index (χ0v) is 23.8. The number of carbonyl (C=O) groups is 3. The highest BCUT2D eigenvalue weighted by atomic mass is 32.2. The maximum absolute atomic E-state index is 17.5. The highest BCUT2D eigenvalue weighted by Gasteiger charge is 2.77. The number of hydrogen-bond donors (Lipinski definition) is 1. The Kier molecular flexibility index (Phi) is 7.91. The van der Waals surface area contributed by atoms with Gasteiger partial charge in [0, 0.05) is 29.1 Å². The number of thioether (sulfide) groups is 1. The number of aliphatic hydroxyl groups excluding tert-OH is 1. The predicted octanol–water partition coefficient (Wildman–Crippen LogP) is 5.79. The smallest absolute Gasteiger partial charge is 0.306 e. The van der Waals surface area contributed by atoms with Crippen molar-refractivity contribution in [3.63, 3.8) is 0 Å². The summed E-state index contributed by atoms with van der Waals surface area (Å²) in [5.41, 5.74) is -4.60. The third-order valence-corrected chi connectivity index (χ3v) is 11.3. The zero-order valence-electron chi connectivity index (χ0n) is 23.0. The van der Waals surface area contributed by atoms with Crippen LogP contribution in [0.3, 0.4) is 0 Å². The quantitative estimate of drug-likeness (QED) is 0.298. The minimum atomic E-state index is -1.97. The first-order chi connectivity index (χ1) is 17.4. The van der Waals surface area contributed by atoms with Gasteiger partial charge in [-0.2, -0.15) is 11.8 Å². The van der Waals surface area contributed by atoms with E-state index >= 15 is 4.39 Å². The molecule has 5 nitrogen and oxygen atoms in total. The SMILES string of the molecule is CCCCC(=O)O[C@]1(C(=O)CSCCC)[C@@H](C)C[C@H]2[C@@H]3CCC4=CC(=O)C=C[C@]4(C)[C@@]3(F)[C@@H](O)C[C@@]21C. The van der Waals surface area contributed by atoms with Gasteiger partial charge in [0.1, 0.15) is 0 Å². The summed E-state index contributed by atoms with van der Waals surface area (Å²) in [6.07, 6.45) is 7.58. The highest BCUT2D eigenvalue weighted by Crippen LogP contribution is 2.71. The molecular formula is C30H43FO5S. The minimum Gasteiger partial charge on any atom is -0.450 e. The number of Topliss-reactive ketones (excluding diaryl/α,β-unsaturated/α-hetero) is 1. The third kappa shape index (κ3) is 4.09. The van der Waals surface area contributed by atoms with E-state index < -0.39 is 34.1 Å². The Hall–Kier alpha value is -1.47. The maximum atomic E-state index is 17.5. The Morgan fingerprint density at radius 1 is 1.22 bits per heavy atom. The van der Waals surface area contributed by atoms with E-state index in [0.717, 1.165) is 24.2 Å². The fourth-order valence-electron chi connectivity index (χ4n) is 8.37. The van der Waals surface area contributed by atoms with Gasteiger partial charge >= 0.3 is 5.97 Å². The minimum absolute atomic E-state index is 0.0326. The molecular weight excluding hydrogens is 491 g/mol. The van der Waals surface area contributed by atoms with Gasteiger partial charge in [0.05, 0.1) is 11.9 Å². The lowest BCUT2D eigenvalue weighted by Crippen LogP contribution is -2.70. The van der Waals surface area contributed by atoms with Gasteiger partial charge < -0.3 is 9.84 Å². The van der Waals surface area contributed by atoms with Crippen LogP contribution >= 0.6 is 11.8 Å². The first kappa shape index (κ1) is 28.5. The Labute approximate surface area is 225 Å². The third-order valence-electron chi connectivity index (χ3n) is 10.2. The molecule has 0 bridgehead atoms. The van der Waals surface area contributed by atoms with Crippen LogP contribution in [0.4, 0.5) is 4.39 Å². The molecule has 0 aromatic carbocycles. The van der Waals surface area contributed by atoms with Crippen molar-refractivity contribution in [2.45, 2.75) is 103 Å². The normalized spacial score (nSPS) is 42.5. The van der Waals surface area contributed by atoms with Gasteiger partial charge in [-0.05, 0) is 69.3 Å². The topological polar surface area (TPSA) is 80.7 Å². The van der Waals surface area contributed by atoms with Crippen LogP contribution in [0, 0.1) is 28.6 Å². The summed E-state index contributed by atoms with van der Waals surface area (Å²) in [5.74, 6) is -0.618. The van der Waals surface area contributed by atoms with Gasteiger partial charge in [0.2, 0.25) is 0 Å². The number of ether oxygens (including phenoxy) is 1. The summed E-state index contributed by atoms with van der Waals surface area (Å²) in [6.45, 7) is 9.77. The van der Waals surface area contributed by atoms with Crippen molar-refractivity contribution in [2.75, 3.05) is 11.5 Å². The number of aliphatic hydroxyl groups is 1. The maximum Gasteiger partial charge on any atom is 0.306 e. The molecule has 0 saturated heterocycles. The number of halogens is 1. The van der Waals surface area contributed by atoms with Crippen LogP contribution in [-0.2, 0) is 19.1 Å². The number of fused-ring (bicyclic) bond motifs is 5. The van der Waals surface area contributed by atoms with Crippen LogP contribution in [-0.4, -0.2) is 51.5 Å². The number of unbranched alkanes of at least 4 members (excludes halogenated alkanes) is 1. The van der Waals surface area contributed by atoms with Crippen LogP contribution in [0.15, 0.2) is 23.8 Å². The molecule has 0 radical (unpaired) electrons. The van der Waals surface area contributed by atoms with E-state index in [1.165, 1.54) is 12.2 Å². The summed E-state index contributed by atoms with van der Waals surface area (Å²) in [6, 6.07) is 0. The number of ketones is 2. The summed E-state index contributed by atoms with van der Waals surface area (Å²) in [7, 11) is 0. The van der Waals surface area contributed by atoms with E-state index in [2.05, 4.69) is 6.92 Å². The van der Waals surface area contributed by atoms with Gasteiger partial charge in [-0.25, -0.2) is 4.39 Å². The van der Waals surface area contributed by atoms with Gasteiger partial charge in [0.15, 0.2) is 22.8 Å². The highest BCUT2D eigenvalue weighted by molar-refractivity contribution is 7.99. The number of allylic oxidation sites excluding steroid dienone is 4. The van der Waals surface area contributed by atoms with Crippen molar-refractivity contribution >= 4 is 29.3 Å². The van der Waals surface area contributed by atoms with Crippen molar-refractivity contribution in [1.29, 1.82) is 0 Å². The lowest BCUT2D eigenvalue weighted by atomic mass is 9.44. The van der Waals surface area contributed by atoms with Crippen molar-refractivity contribution in [2.24, 2.45) is 28.6 Å². The molecule has 0 amide bonds. The molecule has 4 aliphatic carbocycles.